The minimum Gasteiger partial charge on any atom is -0.316 e. The van der Waals surface area contributed by atoms with Crippen LogP contribution in [0.2, 0.25) is 0 Å². The van der Waals surface area contributed by atoms with Crippen LogP contribution >= 0.6 is 23.7 Å². The molecule has 8 heteroatoms. The highest BCUT2D eigenvalue weighted by molar-refractivity contribution is 7.91. The second kappa shape index (κ2) is 6.49. The van der Waals surface area contributed by atoms with E-state index in [1.165, 1.54) is 17.5 Å². The lowest BCUT2D eigenvalue weighted by atomic mass is 9.83. The van der Waals surface area contributed by atoms with E-state index < -0.39 is 10.0 Å². The summed E-state index contributed by atoms with van der Waals surface area (Å²) in [7, 11) is -3.40. The zero-order chi connectivity index (χ0) is 13.2. The zero-order valence-electron chi connectivity index (χ0n) is 11.1. The molecule has 5 nitrogen and oxygen atoms in total. The van der Waals surface area contributed by atoms with E-state index in [0.29, 0.717) is 10.8 Å². The molecular formula is C11H20ClN3O2S2. The summed E-state index contributed by atoms with van der Waals surface area (Å²) in [4.78, 5) is 3.98. The lowest BCUT2D eigenvalue weighted by Gasteiger charge is -2.34. The van der Waals surface area contributed by atoms with Gasteiger partial charge in [-0.3, -0.25) is 0 Å². The van der Waals surface area contributed by atoms with Gasteiger partial charge in [0, 0.05) is 13.1 Å². The van der Waals surface area contributed by atoms with Crippen molar-refractivity contribution in [3.63, 3.8) is 0 Å². The van der Waals surface area contributed by atoms with Crippen LogP contribution in [0.3, 0.4) is 0 Å². The maximum atomic E-state index is 12.1. The van der Waals surface area contributed by atoms with Gasteiger partial charge in [-0.1, -0.05) is 6.92 Å². The molecule has 0 amide bonds. The van der Waals surface area contributed by atoms with Crippen LogP contribution in [-0.2, 0) is 10.0 Å². The lowest BCUT2D eigenvalue weighted by molar-refractivity contribution is 0.238. The summed E-state index contributed by atoms with van der Waals surface area (Å²) in [5, 5.41) is 4.08. The quantitative estimate of drug-likeness (QED) is 0.881. The fraction of sp³-hybridized carbons (Fsp3) is 0.727. The summed E-state index contributed by atoms with van der Waals surface area (Å²) in [5.41, 5.74) is 0.00501. The molecule has 0 saturated carbocycles. The largest absolute Gasteiger partial charge is 0.316 e. The van der Waals surface area contributed by atoms with Crippen LogP contribution in [0.5, 0.6) is 0 Å². The molecule has 1 fully saturated rings. The maximum absolute atomic E-state index is 12.1. The van der Waals surface area contributed by atoms with Crippen molar-refractivity contribution in [1.29, 1.82) is 0 Å². The van der Waals surface area contributed by atoms with E-state index in [-0.39, 0.29) is 17.8 Å². The van der Waals surface area contributed by atoms with Crippen LogP contribution in [-0.4, -0.2) is 33.0 Å². The Morgan fingerprint density at radius 2 is 2.32 bits per heavy atom. The van der Waals surface area contributed by atoms with Crippen molar-refractivity contribution in [1.82, 2.24) is 15.0 Å². The monoisotopic (exact) mass is 325 g/mol. The molecule has 0 radical (unpaired) electrons. The Morgan fingerprint density at radius 3 is 2.84 bits per heavy atom. The minimum atomic E-state index is -3.40. The summed E-state index contributed by atoms with van der Waals surface area (Å²) < 4.78 is 27.1. The van der Waals surface area contributed by atoms with Gasteiger partial charge < -0.3 is 5.32 Å². The smallest absolute Gasteiger partial charge is 0.251 e. The maximum Gasteiger partial charge on any atom is 0.251 e. The SMILES string of the molecule is Cc1ncc(S(=O)(=O)NCC2(C)CCCNC2)s1.Cl. The highest BCUT2D eigenvalue weighted by Crippen LogP contribution is 2.25. The number of aromatic nitrogens is 1. The molecule has 1 saturated heterocycles. The first-order valence-electron chi connectivity index (χ1n) is 6.04. The fourth-order valence-electron chi connectivity index (χ4n) is 2.08. The van der Waals surface area contributed by atoms with E-state index in [1.54, 1.807) is 6.92 Å². The number of nitrogens with one attached hydrogen (secondary N) is 2. The Labute approximate surface area is 124 Å². The molecule has 0 bridgehead atoms. The first kappa shape index (κ1) is 16.8. The van der Waals surface area contributed by atoms with Crippen LogP contribution in [0.1, 0.15) is 24.8 Å². The molecule has 0 spiro atoms. The van der Waals surface area contributed by atoms with Crippen LogP contribution in [0.15, 0.2) is 10.4 Å². The standard InChI is InChI=1S/C11H19N3O2S2.ClH/c1-9-13-6-10(17-9)18(15,16)14-8-11(2)4-3-5-12-7-11;/h6,12,14H,3-5,7-8H2,1-2H3;1H. The van der Waals surface area contributed by atoms with Gasteiger partial charge in [-0.05, 0) is 31.7 Å². The van der Waals surface area contributed by atoms with E-state index in [1.807, 2.05) is 0 Å². The van der Waals surface area contributed by atoms with E-state index in [0.717, 1.165) is 30.9 Å². The van der Waals surface area contributed by atoms with Gasteiger partial charge in [0.05, 0.1) is 11.2 Å². The van der Waals surface area contributed by atoms with Crippen LogP contribution in [0.4, 0.5) is 0 Å². The number of aryl methyl sites for hydroxylation is 1. The Hall–Kier alpha value is -0.210. The molecule has 2 heterocycles. The summed E-state index contributed by atoms with van der Waals surface area (Å²) >= 11 is 1.20. The van der Waals surface area contributed by atoms with Crippen molar-refractivity contribution in [2.75, 3.05) is 19.6 Å². The summed E-state index contributed by atoms with van der Waals surface area (Å²) in [5.74, 6) is 0. The number of hydrogen-bond acceptors (Lipinski definition) is 5. The van der Waals surface area contributed by atoms with E-state index in [9.17, 15) is 8.42 Å². The van der Waals surface area contributed by atoms with Gasteiger partial charge in [0.15, 0.2) is 4.21 Å². The molecule has 1 aromatic rings. The van der Waals surface area contributed by atoms with Crippen molar-refractivity contribution in [2.45, 2.75) is 30.9 Å². The number of thiazole rings is 1. The minimum absolute atomic E-state index is 0. The first-order chi connectivity index (χ1) is 8.41. The van der Waals surface area contributed by atoms with Crippen LogP contribution in [0.25, 0.3) is 0 Å². The molecule has 0 aromatic carbocycles. The van der Waals surface area contributed by atoms with Gasteiger partial charge in [-0.15, -0.1) is 23.7 Å². The lowest BCUT2D eigenvalue weighted by Crippen LogP contribution is -2.45. The van der Waals surface area contributed by atoms with Crippen molar-refractivity contribution in [2.24, 2.45) is 5.41 Å². The topological polar surface area (TPSA) is 71.1 Å². The Morgan fingerprint density at radius 1 is 1.58 bits per heavy atom. The molecule has 2 rings (SSSR count). The van der Waals surface area contributed by atoms with Crippen molar-refractivity contribution in [3.05, 3.63) is 11.2 Å². The zero-order valence-corrected chi connectivity index (χ0v) is 13.6. The summed E-state index contributed by atoms with van der Waals surface area (Å²) in [6, 6.07) is 0. The third kappa shape index (κ3) is 4.39. The highest BCUT2D eigenvalue weighted by Gasteiger charge is 2.29. The molecule has 1 atom stereocenters. The number of halogens is 1. The first-order valence-corrected chi connectivity index (χ1v) is 8.34. The second-order valence-corrected chi connectivity index (χ2v) is 8.34. The predicted octanol–water partition coefficient (Wildman–Crippen LogP) is 1.54. The number of nitrogens with zero attached hydrogens (tertiary/aromatic N) is 1. The second-order valence-electron chi connectivity index (χ2n) is 5.11. The molecule has 1 aliphatic heterocycles. The van der Waals surface area contributed by atoms with E-state index in [2.05, 4.69) is 21.9 Å². The molecule has 110 valence electrons. The summed E-state index contributed by atoms with van der Waals surface area (Å²) in [6.45, 7) is 6.27. The molecule has 1 unspecified atom stereocenters. The highest BCUT2D eigenvalue weighted by atomic mass is 35.5. The molecule has 1 aliphatic rings. The third-order valence-electron chi connectivity index (χ3n) is 3.24. The van der Waals surface area contributed by atoms with Gasteiger partial charge in [0.1, 0.15) is 0 Å². The summed E-state index contributed by atoms with van der Waals surface area (Å²) in [6.07, 6.45) is 3.56. The fourth-order valence-corrected chi connectivity index (χ4v) is 4.43. The molecule has 2 N–H and O–H groups in total. The van der Waals surface area contributed by atoms with E-state index >= 15 is 0 Å². The number of sulfonamides is 1. The van der Waals surface area contributed by atoms with Gasteiger partial charge >= 0.3 is 0 Å². The van der Waals surface area contributed by atoms with Gasteiger partial charge in [0.25, 0.3) is 10.0 Å². The Bertz CT molecular complexity index is 510. The Balaban J connectivity index is 0.00000180. The molecule has 19 heavy (non-hydrogen) atoms. The molecule has 0 aliphatic carbocycles. The van der Waals surface area contributed by atoms with Crippen molar-refractivity contribution in [3.8, 4) is 0 Å². The third-order valence-corrected chi connectivity index (χ3v) is 6.01. The van der Waals surface area contributed by atoms with Crippen LogP contribution in [0, 0.1) is 12.3 Å². The molecule has 1 aromatic heterocycles. The van der Waals surface area contributed by atoms with Crippen molar-refractivity contribution < 1.29 is 8.42 Å². The van der Waals surface area contributed by atoms with Gasteiger partial charge in [-0.2, -0.15) is 0 Å². The van der Waals surface area contributed by atoms with Crippen LogP contribution < -0.4 is 10.0 Å². The van der Waals surface area contributed by atoms with Crippen molar-refractivity contribution >= 4 is 33.8 Å². The van der Waals surface area contributed by atoms with E-state index in [4.69, 9.17) is 0 Å². The normalized spacial score (nSPS) is 23.9. The number of rotatable bonds is 4. The van der Waals surface area contributed by atoms with Gasteiger partial charge in [-0.25, -0.2) is 18.1 Å². The molecular weight excluding hydrogens is 306 g/mol. The average molecular weight is 326 g/mol. The number of piperidine rings is 1. The average Bonchev–Trinajstić information content (AvgIpc) is 2.76. The van der Waals surface area contributed by atoms with Gasteiger partial charge in [0.2, 0.25) is 0 Å². The Kier molecular flexibility index (Phi) is 5.76. The predicted molar refractivity (Wildman–Crippen MR) is 79.5 cm³/mol. The number of hydrogen-bond donors (Lipinski definition) is 2.